The van der Waals surface area contributed by atoms with Gasteiger partial charge in [-0.1, -0.05) is 45.8 Å². The van der Waals surface area contributed by atoms with Crippen molar-refractivity contribution in [2.75, 3.05) is 13.7 Å². The van der Waals surface area contributed by atoms with E-state index in [0.717, 1.165) is 16.0 Å². The highest BCUT2D eigenvalue weighted by Crippen LogP contribution is 2.35. The monoisotopic (exact) mass is 474 g/mol. The Morgan fingerprint density at radius 3 is 2.53 bits per heavy atom. The van der Waals surface area contributed by atoms with Crippen molar-refractivity contribution in [1.29, 1.82) is 0 Å². The Kier molecular flexibility index (Phi) is 6.41. The number of aryl methyl sites for hydroxylation is 1. The lowest BCUT2D eigenvalue weighted by Crippen LogP contribution is -2.30. The topological polar surface area (TPSA) is 105 Å². The Hall–Kier alpha value is -3.33. The molecular weight excluding hydrogens is 456 g/mol. The van der Waals surface area contributed by atoms with Crippen LogP contribution >= 0.6 is 15.9 Å². The Morgan fingerprint density at radius 2 is 1.90 bits per heavy atom. The second-order valence-electron chi connectivity index (χ2n) is 6.57. The lowest BCUT2D eigenvalue weighted by molar-refractivity contribution is -0.139. The predicted molar refractivity (Wildman–Crippen MR) is 112 cm³/mol. The van der Waals surface area contributed by atoms with E-state index in [1.165, 1.54) is 13.2 Å². The summed E-state index contributed by atoms with van der Waals surface area (Å²) in [6.45, 7) is 1.60. The fourth-order valence-electron chi connectivity index (χ4n) is 2.82. The number of halogens is 1. The first-order valence-corrected chi connectivity index (χ1v) is 9.70. The minimum atomic E-state index is -1.12. The van der Waals surface area contributed by atoms with Crippen molar-refractivity contribution in [2.24, 2.45) is 0 Å². The van der Waals surface area contributed by atoms with Gasteiger partial charge in [0.25, 0.3) is 5.91 Å². The molecule has 2 N–H and O–H groups in total. The first-order chi connectivity index (χ1) is 14.3. The molecular formula is C21H19BrN2O6. The van der Waals surface area contributed by atoms with Gasteiger partial charge in [0.2, 0.25) is 0 Å². The number of aliphatic carboxylic acids is 1. The van der Waals surface area contributed by atoms with E-state index in [2.05, 4.69) is 21.2 Å². The highest BCUT2D eigenvalue weighted by atomic mass is 79.9. The highest BCUT2D eigenvalue weighted by molar-refractivity contribution is 9.10. The fraction of sp³-hybridized carbons (Fsp3) is 0.190. The molecule has 0 atom stereocenters. The summed E-state index contributed by atoms with van der Waals surface area (Å²) in [5.41, 5.74) is 2.60. The smallest absolute Gasteiger partial charge is 0.341 e. The van der Waals surface area contributed by atoms with Crippen LogP contribution in [-0.2, 0) is 16.1 Å². The minimum Gasteiger partial charge on any atom is -0.493 e. The lowest BCUT2D eigenvalue weighted by Gasteiger charge is -2.12. The van der Waals surface area contributed by atoms with E-state index in [1.54, 1.807) is 12.1 Å². The third-order valence-corrected chi connectivity index (χ3v) is 5.04. The van der Waals surface area contributed by atoms with Crippen LogP contribution in [0.1, 0.15) is 16.7 Å². The van der Waals surface area contributed by atoms with Gasteiger partial charge < -0.3 is 19.9 Å². The van der Waals surface area contributed by atoms with E-state index in [9.17, 15) is 14.4 Å². The van der Waals surface area contributed by atoms with Crippen LogP contribution in [0.4, 0.5) is 4.79 Å². The second kappa shape index (κ2) is 9.00. The number of hydrogen-bond acceptors (Lipinski definition) is 5. The van der Waals surface area contributed by atoms with Crippen LogP contribution in [0, 0.1) is 6.92 Å². The Bertz CT molecular complexity index is 1030. The number of hydrogen-bond donors (Lipinski definition) is 2. The number of nitrogens with one attached hydrogen (secondary N) is 1. The van der Waals surface area contributed by atoms with E-state index >= 15 is 0 Å². The van der Waals surface area contributed by atoms with Crippen LogP contribution in [-0.4, -0.2) is 41.6 Å². The SMILES string of the molecule is COc1cc(/C=C2/NC(=O)N(Cc3ccc(C)cc3)C2=O)c(Br)cc1OCC(=O)O. The summed E-state index contributed by atoms with van der Waals surface area (Å²) in [6, 6.07) is 10.2. The summed E-state index contributed by atoms with van der Waals surface area (Å²) in [5, 5.41) is 11.4. The van der Waals surface area contributed by atoms with Gasteiger partial charge in [0.15, 0.2) is 18.1 Å². The molecule has 0 saturated carbocycles. The molecule has 1 saturated heterocycles. The molecule has 30 heavy (non-hydrogen) atoms. The van der Waals surface area contributed by atoms with Crippen molar-refractivity contribution in [3.63, 3.8) is 0 Å². The van der Waals surface area contributed by atoms with Gasteiger partial charge in [0.05, 0.1) is 13.7 Å². The van der Waals surface area contributed by atoms with Gasteiger partial charge in [-0.15, -0.1) is 0 Å². The Labute approximate surface area is 181 Å². The highest BCUT2D eigenvalue weighted by Gasteiger charge is 2.33. The van der Waals surface area contributed by atoms with Crippen LogP contribution in [0.15, 0.2) is 46.6 Å². The predicted octanol–water partition coefficient (Wildman–Crippen LogP) is 3.32. The van der Waals surface area contributed by atoms with Crippen LogP contribution in [0.2, 0.25) is 0 Å². The van der Waals surface area contributed by atoms with Crippen LogP contribution < -0.4 is 14.8 Å². The van der Waals surface area contributed by atoms with Gasteiger partial charge in [0.1, 0.15) is 5.70 Å². The van der Waals surface area contributed by atoms with Gasteiger partial charge in [-0.05, 0) is 36.3 Å². The molecule has 9 heteroatoms. The zero-order valence-electron chi connectivity index (χ0n) is 16.3. The molecule has 0 aliphatic carbocycles. The van der Waals surface area contributed by atoms with Crippen molar-refractivity contribution in [2.45, 2.75) is 13.5 Å². The minimum absolute atomic E-state index is 0.120. The number of carbonyl (C=O) groups is 3. The van der Waals surface area contributed by atoms with E-state index in [0.29, 0.717) is 15.8 Å². The summed E-state index contributed by atoms with van der Waals surface area (Å²) >= 11 is 3.37. The average Bonchev–Trinajstić information content (AvgIpc) is 2.96. The van der Waals surface area contributed by atoms with Gasteiger partial charge in [-0.25, -0.2) is 9.59 Å². The molecule has 1 fully saturated rings. The normalized spacial score (nSPS) is 14.8. The molecule has 1 aliphatic heterocycles. The second-order valence-corrected chi connectivity index (χ2v) is 7.43. The van der Waals surface area contributed by atoms with Gasteiger partial charge in [-0.2, -0.15) is 0 Å². The van der Waals surface area contributed by atoms with Crippen molar-refractivity contribution in [1.82, 2.24) is 10.2 Å². The van der Waals surface area contributed by atoms with Gasteiger partial charge in [0, 0.05) is 4.47 Å². The molecule has 0 unspecified atom stereocenters. The summed E-state index contributed by atoms with van der Waals surface area (Å²) in [7, 11) is 1.42. The Balaban J connectivity index is 1.84. The molecule has 8 nitrogen and oxygen atoms in total. The number of imide groups is 1. The molecule has 2 aromatic rings. The molecule has 3 rings (SSSR count). The standard InChI is InChI=1S/C21H19BrN2O6/c1-12-3-5-13(6-4-12)10-24-20(27)16(23-21(24)28)7-14-8-17(29-2)18(9-15(14)22)30-11-19(25)26/h3-9H,10-11H2,1-2H3,(H,23,28)(H,25,26)/b16-7+. The molecule has 0 radical (unpaired) electrons. The maximum absolute atomic E-state index is 12.7. The quantitative estimate of drug-likeness (QED) is 0.470. The molecule has 1 heterocycles. The molecule has 1 aliphatic rings. The first kappa shape index (κ1) is 21.4. The number of nitrogens with zero attached hydrogens (tertiary/aromatic N) is 1. The average molecular weight is 475 g/mol. The third-order valence-electron chi connectivity index (χ3n) is 4.36. The summed E-state index contributed by atoms with van der Waals surface area (Å²) in [6.07, 6.45) is 1.52. The number of urea groups is 1. The molecule has 0 spiro atoms. The number of rotatable bonds is 7. The van der Waals surface area contributed by atoms with E-state index in [-0.39, 0.29) is 18.0 Å². The van der Waals surface area contributed by atoms with Crippen LogP contribution in [0.3, 0.4) is 0 Å². The van der Waals surface area contributed by atoms with Gasteiger partial charge >= 0.3 is 12.0 Å². The number of carboxylic acid groups (broad SMARTS) is 1. The van der Waals surface area contributed by atoms with Gasteiger partial charge in [-0.3, -0.25) is 9.69 Å². The van der Waals surface area contributed by atoms with Crippen LogP contribution in [0.25, 0.3) is 6.08 Å². The molecule has 2 aromatic carbocycles. The third kappa shape index (κ3) is 4.80. The molecule has 0 bridgehead atoms. The number of ether oxygens (including phenoxy) is 2. The maximum atomic E-state index is 12.7. The largest absolute Gasteiger partial charge is 0.493 e. The van der Waals surface area contributed by atoms with Crippen molar-refractivity contribution in [3.8, 4) is 11.5 Å². The summed E-state index contributed by atoms with van der Waals surface area (Å²) < 4.78 is 11.0. The zero-order chi connectivity index (χ0) is 21.8. The maximum Gasteiger partial charge on any atom is 0.341 e. The fourth-order valence-corrected chi connectivity index (χ4v) is 3.26. The van der Waals surface area contributed by atoms with E-state index in [1.807, 2.05) is 31.2 Å². The number of carboxylic acids is 1. The Morgan fingerprint density at radius 1 is 1.20 bits per heavy atom. The van der Waals surface area contributed by atoms with Crippen molar-refractivity contribution in [3.05, 3.63) is 63.3 Å². The summed E-state index contributed by atoms with van der Waals surface area (Å²) in [4.78, 5) is 36.9. The van der Waals surface area contributed by atoms with Crippen molar-refractivity contribution < 1.29 is 29.0 Å². The lowest BCUT2D eigenvalue weighted by atomic mass is 10.1. The molecule has 156 valence electrons. The number of methoxy groups -OCH3 is 1. The number of amides is 3. The van der Waals surface area contributed by atoms with E-state index in [4.69, 9.17) is 14.6 Å². The van der Waals surface area contributed by atoms with E-state index < -0.39 is 24.5 Å². The molecule has 0 aromatic heterocycles. The number of benzene rings is 2. The summed E-state index contributed by atoms with van der Waals surface area (Å²) in [5.74, 6) is -1.04. The van der Waals surface area contributed by atoms with Crippen LogP contribution in [0.5, 0.6) is 11.5 Å². The zero-order valence-corrected chi connectivity index (χ0v) is 17.9. The van der Waals surface area contributed by atoms with Crippen molar-refractivity contribution >= 4 is 39.9 Å². The number of carbonyl (C=O) groups excluding carboxylic acids is 2. The molecule has 3 amide bonds. The first-order valence-electron chi connectivity index (χ1n) is 8.90.